The Bertz CT molecular complexity index is 921. The number of aryl methyl sites for hydroxylation is 1. The number of benzene rings is 1. The SMILES string of the molecule is Cn1nc(-c2ccc(F)cc2)cc1C(=O)N1CCSC(c2ccco2)CC1. The van der Waals surface area contributed by atoms with Gasteiger partial charge in [-0.05, 0) is 48.9 Å². The van der Waals surface area contributed by atoms with Crippen molar-refractivity contribution in [1.82, 2.24) is 14.7 Å². The Kier molecular flexibility index (Phi) is 5.03. The highest BCUT2D eigenvalue weighted by Crippen LogP contribution is 2.34. The standard InChI is InChI=1S/C20H20FN3O2S/c1-23-17(13-16(22-23)14-4-6-15(21)7-5-14)20(25)24-9-8-19(27-12-10-24)18-3-2-11-26-18/h2-7,11,13,19H,8-10,12H2,1H3. The Hall–Kier alpha value is -2.54. The van der Waals surface area contributed by atoms with Crippen LogP contribution in [-0.4, -0.2) is 39.4 Å². The van der Waals surface area contributed by atoms with Crippen molar-refractivity contribution in [2.75, 3.05) is 18.8 Å². The van der Waals surface area contributed by atoms with Crippen molar-refractivity contribution in [3.63, 3.8) is 0 Å². The second kappa shape index (κ2) is 7.60. The van der Waals surface area contributed by atoms with E-state index in [0.717, 1.165) is 23.5 Å². The summed E-state index contributed by atoms with van der Waals surface area (Å²) in [6.07, 6.45) is 2.54. The number of carbonyl (C=O) groups is 1. The summed E-state index contributed by atoms with van der Waals surface area (Å²) in [7, 11) is 1.76. The van der Waals surface area contributed by atoms with Crippen molar-refractivity contribution >= 4 is 17.7 Å². The molecule has 1 unspecified atom stereocenters. The average molecular weight is 385 g/mol. The molecule has 0 aliphatic carbocycles. The molecule has 3 heterocycles. The van der Waals surface area contributed by atoms with Crippen LogP contribution < -0.4 is 0 Å². The molecular formula is C20H20FN3O2S. The molecule has 1 saturated heterocycles. The van der Waals surface area contributed by atoms with Crippen molar-refractivity contribution in [2.24, 2.45) is 7.05 Å². The van der Waals surface area contributed by atoms with E-state index in [1.807, 2.05) is 28.8 Å². The molecule has 1 aromatic carbocycles. The fraction of sp³-hybridized carbons (Fsp3) is 0.300. The summed E-state index contributed by atoms with van der Waals surface area (Å²) in [6, 6.07) is 11.8. The van der Waals surface area contributed by atoms with Crippen LogP contribution in [0.1, 0.15) is 27.9 Å². The molecule has 27 heavy (non-hydrogen) atoms. The van der Waals surface area contributed by atoms with Crippen molar-refractivity contribution in [3.05, 3.63) is 66.0 Å². The van der Waals surface area contributed by atoms with Crippen LogP contribution >= 0.6 is 11.8 Å². The van der Waals surface area contributed by atoms with Crippen molar-refractivity contribution in [1.29, 1.82) is 0 Å². The number of rotatable bonds is 3. The van der Waals surface area contributed by atoms with Crippen LogP contribution in [0.25, 0.3) is 11.3 Å². The van der Waals surface area contributed by atoms with Crippen molar-refractivity contribution in [2.45, 2.75) is 11.7 Å². The quantitative estimate of drug-likeness (QED) is 0.680. The Morgan fingerprint density at radius 3 is 2.81 bits per heavy atom. The minimum atomic E-state index is -0.292. The van der Waals surface area contributed by atoms with Gasteiger partial charge in [0, 0.05) is 31.5 Å². The van der Waals surface area contributed by atoms with Gasteiger partial charge in [0.25, 0.3) is 5.91 Å². The van der Waals surface area contributed by atoms with Crippen LogP contribution in [0.2, 0.25) is 0 Å². The molecule has 0 saturated carbocycles. The van der Waals surface area contributed by atoms with E-state index in [-0.39, 0.29) is 17.0 Å². The maximum absolute atomic E-state index is 13.1. The Balaban J connectivity index is 1.50. The third-order valence-corrected chi connectivity index (χ3v) is 6.02. The van der Waals surface area contributed by atoms with Gasteiger partial charge in [0.2, 0.25) is 0 Å². The van der Waals surface area contributed by atoms with Gasteiger partial charge < -0.3 is 9.32 Å². The summed E-state index contributed by atoms with van der Waals surface area (Å²) in [5.74, 6) is 1.51. The summed E-state index contributed by atoms with van der Waals surface area (Å²) in [4.78, 5) is 14.9. The molecule has 1 aliphatic heterocycles. The largest absolute Gasteiger partial charge is 0.468 e. The van der Waals surface area contributed by atoms with Crippen LogP contribution in [0.15, 0.2) is 53.1 Å². The number of carbonyl (C=O) groups excluding carboxylic acids is 1. The minimum absolute atomic E-state index is 0.0287. The molecule has 1 aliphatic rings. The monoisotopic (exact) mass is 385 g/mol. The van der Waals surface area contributed by atoms with Crippen LogP contribution in [-0.2, 0) is 7.05 Å². The Morgan fingerprint density at radius 1 is 1.26 bits per heavy atom. The molecule has 140 valence electrons. The second-order valence-corrected chi connectivity index (χ2v) is 7.81. The summed E-state index contributed by atoms with van der Waals surface area (Å²) < 4.78 is 20.3. The van der Waals surface area contributed by atoms with E-state index in [1.54, 1.807) is 36.2 Å². The lowest BCUT2D eigenvalue weighted by atomic mass is 10.1. The predicted molar refractivity (Wildman–Crippen MR) is 103 cm³/mol. The number of hydrogen-bond acceptors (Lipinski definition) is 4. The second-order valence-electron chi connectivity index (χ2n) is 6.50. The van der Waals surface area contributed by atoms with E-state index < -0.39 is 0 Å². The summed E-state index contributed by atoms with van der Waals surface area (Å²) in [5, 5.41) is 4.71. The number of amides is 1. The molecule has 0 N–H and O–H groups in total. The van der Waals surface area contributed by atoms with Gasteiger partial charge in [-0.2, -0.15) is 5.10 Å². The van der Waals surface area contributed by atoms with Crippen LogP contribution in [0.4, 0.5) is 4.39 Å². The molecular weight excluding hydrogens is 365 g/mol. The van der Waals surface area contributed by atoms with E-state index in [9.17, 15) is 9.18 Å². The number of hydrogen-bond donors (Lipinski definition) is 0. The Labute approximate surface area is 161 Å². The van der Waals surface area contributed by atoms with Gasteiger partial charge in [-0.25, -0.2) is 4.39 Å². The molecule has 0 radical (unpaired) electrons. The normalized spacial score (nSPS) is 17.7. The van der Waals surface area contributed by atoms with Gasteiger partial charge in [-0.3, -0.25) is 9.48 Å². The van der Waals surface area contributed by atoms with Crippen LogP contribution in [0.5, 0.6) is 0 Å². The zero-order valence-corrected chi connectivity index (χ0v) is 15.8. The molecule has 1 fully saturated rings. The molecule has 1 atom stereocenters. The molecule has 0 bridgehead atoms. The van der Waals surface area contributed by atoms with E-state index in [4.69, 9.17) is 4.42 Å². The number of nitrogens with zero attached hydrogens (tertiary/aromatic N) is 3. The van der Waals surface area contributed by atoms with Crippen molar-refractivity contribution < 1.29 is 13.6 Å². The maximum Gasteiger partial charge on any atom is 0.272 e. The average Bonchev–Trinajstić information content (AvgIpc) is 3.26. The predicted octanol–water partition coefficient (Wildman–Crippen LogP) is 4.14. The van der Waals surface area contributed by atoms with E-state index in [2.05, 4.69) is 5.10 Å². The summed E-state index contributed by atoms with van der Waals surface area (Å²) in [5.41, 5.74) is 1.99. The topological polar surface area (TPSA) is 51.3 Å². The first-order valence-corrected chi connectivity index (χ1v) is 9.91. The molecule has 2 aromatic heterocycles. The highest BCUT2D eigenvalue weighted by atomic mass is 32.2. The van der Waals surface area contributed by atoms with Gasteiger partial charge in [-0.1, -0.05) is 0 Å². The highest BCUT2D eigenvalue weighted by Gasteiger charge is 2.26. The van der Waals surface area contributed by atoms with Gasteiger partial charge >= 0.3 is 0 Å². The molecule has 3 aromatic rings. The molecule has 7 heteroatoms. The lowest BCUT2D eigenvalue weighted by Crippen LogP contribution is -2.34. The zero-order valence-electron chi connectivity index (χ0n) is 15.0. The number of halogens is 1. The molecule has 4 rings (SSSR count). The third kappa shape index (κ3) is 3.78. The highest BCUT2D eigenvalue weighted by molar-refractivity contribution is 7.99. The van der Waals surface area contributed by atoms with Crippen LogP contribution in [0.3, 0.4) is 0 Å². The van der Waals surface area contributed by atoms with Gasteiger partial charge in [0.15, 0.2) is 0 Å². The van der Waals surface area contributed by atoms with Crippen molar-refractivity contribution in [3.8, 4) is 11.3 Å². The number of aromatic nitrogens is 2. The van der Waals surface area contributed by atoms with Gasteiger partial charge in [0.1, 0.15) is 17.3 Å². The van der Waals surface area contributed by atoms with E-state index >= 15 is 0 Å². The van der Waals surface area contributed by atoms with E-state index in [0.29, 0.717) is 24.5 Å². The first-order valence-electron chi connectivity index (χ1n) is 8.86. The minimum Gasteiger partial charge on any atom is -0.468 e. The molecule has 5 nitrogen and oxygen atoms in total. The van der Waals surface area contributed by atoms with E-state index in [1.165, 1.54) is 12.1 Å². The van der Waals surface area contributed by atoms with Gasteiger partial charge in [0.05, 0.1) is 17.2 Å². The first kappa shape index (κ1) is 17.9. The fourth-order valence-corrected chi connectivity index (χ4v) is 4.45. The van der Waals surface area contributed by atoms with Gasteiger partial charge in [-0.15, -0.1) is 11.8 Å². The number of thioether (sulfide) groups is 1. The smallest absolute Gasteiger partial charge is 0.272 e. The summed E-state index contributed by atoms with van der Waals surface area (Å²) in [6.45, 7) is 1.37. The maximum atomic E-state index is 13.1. The zero-order chi connectivity index (χ0) is 18.8. The Morgan fingerprint density at radius 2 is 2.07 bits per heavy atom. The first-order chi connectivity index (χ1) is 13.1. The molecule has 1 amide bonds. The summed E-state index contributed by atoms with van der Waals surface area (Å²) >= 11 is 1.82. The molecule has 0 spiro atoms. The lowest BCUT2D eigenvalue weighted by Gasteiger charge is -2.19. The number of furan rings is 1. The van der Waals surface area contributed by atoms with Crippen LogP contribution in [0, 0.1) is 5.82 Å². The lowest BCUT2D eigenvalue weighted by molar-refractivity contribution is 0.0755. The fourth-order valence-electron chi connectivity index (χ4n) is 3.27. The third-order valence-electron chi connectivity index (χ3n) is 4.73.